The Bertz CT molecular complexity index is 368. The Balaban J connectivity index is 2.30. The summed E-state index contributed by atoms with van der Waals surface area (Å²) in [7, 11) is 0. The summed E-state index contributed by atoms with van der Waals surface area (Å²) >= 11 is 0. The van der Waals surface area contributed by atoms with Crippen LogP contribution in [0.5, 0.6) is 0 Å². The van der Waals surface area contributed by atoms with Gasteiger partial charge < -0.3 is 10.4 Å². The summed E-state index contributed by atoms with van der Waals surface area (Å²) in [6, 6.07) is 0.165. The van der Waals surface area contributed by atoms with E-state index in [1.165, 1.54) is 0 Å². The van der Waals surface area contributed by atoms with Gasteiger partial charge in [-0.2, -0.15) is 0 Å². The topological polar surface area (TPSA) is 80.0 Å². The van der Waals surface area contributed by atoms with Gasteiger partial charge in [0, 0.05) is 0 Å². The summed E-state index contributed by atoms with van der Waals surface area (Å²) in [5.74, 6) is -0.948. The van der Waals surface area contributed by atoms with Crippen LogP contribution in [0.15, 0.2) is 0 Å². The van der Waals surface area contributed by atoms with Crippen molar-refractivity contribution in [2.24, 2.45) is 0 Å². The van der Waals surface area contributed by atoms with Gasteiger partial charge in [0.2, 0.25) is 0 Å². The Morgan fingerprint density at radius 1 is 1.53 bits per heavy atom. The first-order valence-corrected chi connectivity index (χ1v) is 5.06. The smallest absolute Gasteiger partial charge is 0.356 e. The maximum atomic E-state index is 11.0. The quantitative estimate of drug-likeness (QED) is 0.729. The van der Waals surface area contributed by atoms with Crippen LogP contribution in [-0.2, 0) is 0 Å². The lowest BCUT2D eigenvalue weighted by molar-refractivity contribution is 0.0677. The zero-order valence-electron chi connectivity index (χ0n) is 8.60. The number of nitrogens with one attached hydrogen (secondary N) is 1. The predicted octanol–water partition coefficient (Wildman–Crippen LogP) is 0.209. The van der Waals surface area contributed by atoms with Gasteiger partial charge in [0.15, 0.2) is 5.69 Å². The van der Waals surface area contributed by atoms with Gasteiger partial charge in [-0.15, -0.1) is 5.10 Å². The van der Waals surface area contributed by atoms with Gasteiger partial charge in [-0.05, 0) is 32.9 Å². The molecule has 0 amide bonds. The number of carboxylic acid groups (broad SMARTS) is 1. The van der Waals surface area contributed by atoms with Crippen molar-refractivity contribution in [2.75, 3.05) is 13.1 Å². The van der Waals surface area contributed by atoms with Gasteiger partial charge >= 0.3 is 5.97 Å². The van der Waals surface area contributed by atoms with E-state index in [1.54, 1.807) is 11.6 Å². The van der Waals surface area contributed by atoms with Crippen molar-refractivity contribution >= 4 is 5.97 Å². The Morgan fingerprint density at radius 2 is 2.20 bits per heavy atom. The molecule has 0 bridgehead atoms. The minimum atomic E-state index is -0.948. The number of carboxylic acids is 1. The number of aryl methyl sites for hydroxylation is 1. The van der Waals surface area contributed by atoms with Crippen LogP contribution in [0.3, 0.4) is 0 Å². The molecule has 2 N–H and O–H groups in total. The molecule has 6 nitrogen and oxygen atoms in total. The fraction of sp³-hybridized carbons (Fsp3) is 0.667. The van der Waals surface area contributed by atoms with Gasteiger partial charge in [-0.25, -0.2) is 9.48 Å². The first-order chi connectivity index (χ1) is 7.20. The average Bonchev–Trinajstić information content (AvgIpc) is 2.61. The van der Waals surface area contributed by atoms with Gasteiger partial charge in [-0.1, -0.05) is 5.21 Å². The van der Waals surface area contributed by atoms with Crippen molar-refractivity contribution in [2.45, 2.75) is 25.8 Å². The minimum Gasteiger partial charge on any atom is -0.476 e. The molecule has 15 heavy (non-hydrogen) atoms. The minimum absolute atomic E-state index is 0.165. The predicted molar refractivity (Wildman–Crippen MR) is 52.9 cm³/mol. The van der Waals surface area contributed by atoms with Crippen molar-refractivity contribution in [3.05, 3.63) is 11.4 Å². The Labute approximate surface area is 87.3 Å². The fourth-order valence-corrected chi connectivity index (χ4v) is 1.93. The molecule has 6 heteroatoms. The standard InChI is InChI=1S/C9H14N4O2/c1-6-8(9(14)15)13(12-11-6)7-2-4-10-5-3-7/h7,10H,2-5H2,1H3,(H,14,15). The fourth-order valence-electron chi connectivity index (χ4n) is 1.93. The van der Waals surface area contributed by atoms with E-state index in [9.17, 15) is 4.79 Å². The second kappa shape index (κ2) is 3.98. The van der Waals surface area contributed by atoms with Crippen molar-refractivity contribution in [1.29, 1.82) is 0 Å². The number of hydrogen-bond donors (Lipinski definition) is 2. The van der Waals surface area contributed by atoms with E-state index in [0.29, 0.717) is 5.69 Å². The van der Waals surface area contributed by atoms with E-state index in [-0.39, 0.29) is 11.7 Å². The Morgan fingerprint density at radius 3 is 2.80 bits per heavy atom. The normalized spacial score (nSPS) is 17.9. The molecule has 1 aromatic rings. The summed E-state index contributed by atoms with van der Waals surface area (Å²) in [6.45, 7) is 3.49. The number of nitrogens with zero attached hydrogens (tertiary/aromatic N) is 3. The highest BCUT2D eigenvalue weighted by Gasteiger charge is 2.24. The highest BCUT2D eigenvalue weighted by Crippen LogP contribution is 2.20. The summed E-state index contributed by atoms with van der Waals surface area (Å²) in [4.78, 5) is 11.0. The molecule has 82 valence electrons. The molecule has 1 fully saturated rings. The first kappa shape index (κ1) is 10.1. The number of aromatic nitrogens is 3. The summed E-state index contributed by atoms with van der Waals surface area (Å²) in [6.07, 6.45) is 1.81. The lowest BCUT2D eigenvalue weighted by atomic mass is 10.1. The average molecular weight is 210 g/mol. The van der Waals surface area contributed by atoms with Crippen molar-refractivity contribution < 1.29 is 9.90 Å². The third-order valence-corrected chi connectivity index (χ3v) is 2.72. The molecule has 0 saturated carbocycles. The van der Waals surface area contributed by atoms with Crippen LogP contribution < -0.4 is 5.32 Å². The van der Waals surface area contributed by atoms with E-state index in [1.807, 2.05) is 0 Å². The molecule has 0 atom stereocenters. The van der Waals surface area contributed by atoms with E-state index in [2.05, 4.69) is 15.6 Å². The van der Waals surface area contributed by atoms with Gasteiger partial charge in [0.25, 0.3) is 0 Å². The van der Waals surface area contributed by atoms with Gasteiger partial charge in [0.05, 0.1) is 11.7 Å². The molecule has 1 saturated heterocycles. The molecule has 2 rings (SSSR count). The van der Waals surface area contributed by atoms with Crippen molar-refractivity contribution in [3.63, 3.8) is 0 Å². The lowest BCUT2D eigenvalue weighted by Crippen LogP contribution is -2.31. The van der Waals surface area contributed by atoms with E-state index >= 15 is 0 Å². The molecular weight excluding hydrogens is 196 g/mol. The third kappa shape index (κ3) is 1.85. The van der Waals surface area contributed by atoms with Crippen LogP contribution in [0.4, 0.5) is 0 Å². The maximum absolute atomic E-state index is 11.0. The third-order valence-electron chi connectivity index (χ3n) is 2.72. The number of hydrogen-bond acceptors (Lipinski definition) is 4. The van der Waals surface area contributed by atoms with E-state index < -0.39 is 5.97 Å². The highest BCUT2D eigenvalue weighted by atomic mass is 16.4. The molecule has 0 aromatic carbocycles. The molecule has 0 unspecified atom stereocenters. The molecule has 1 aromatic heterocycles. The zero-order chi connectivity index (χ0) is 10.8. The van der Waals surface area contributed by atoms with Crippen LogP contribution in [0.2, 0.25) is 0 Å². The summed E-state index contributed by atoms with van der Waals surface area (Å²) in [5.41, 5.74) is 0.711. The van der Waals surface area contributed by atoms with Gasteiger partial charge in [0.1, 0.15) is 0 Å². The number of piperidine rings is 1. The maximum Gasteiger partial charge on any atom is 0.356 e. The van der Waals surface area contributed by atoms with Crippen LogP contribution in [0.1, 0.15) is 35.1 Å². The lowest BCUT2D eigenvalue weighted by Gasteiger charge is -2.23. The van der Waals surface area contributed by atoms with Crippen molar-refractivity contribution in [1.82, 2.24) is 20.3 Å². The second-order valence-electron chi connectivity index (χ2n) is 3.75. The van der Waals surface area contributed by atoms with Crippen molar-refractivity contribution in [3.8, 4) is 0 Å². The molecule has 0 radical (unpaired) electrons. The summed E-state index contributed by atoms with van der Waals surface area (Å²) < 4.78 is 1.55. The Kier molecular flexibility index (Phi) is 2.68. The highest BCUT2D eigenvalue weighted by molar-refractivity contribution is 5.86. The van der Waals surface area contributed by atoms with E-state index in [0.717, 1.165) is 25.9 Å². The summed E-state index contributed by atoms with van der Waals surface area (Å²) in [5, 5.41) is 20.0. The van der Waals surface area contributed by atoms with E-state index in [4.69, 9.17) is 5.11 Å². The molecule has 1 aliphatic rings. The van der Waals surface area contributed by atoms with Crippen LogP contribution >= 0.6 is 0 Å². The molecule has 0 aliphatic carbocycles. The molecule has 0 spiro atoms. The molecule has 1 aliphatic heterocycles. The van der Waals surface area contributed by atoms with Crippen LogP contribution in [0.25, 0.3) is 0 Å². The SMILES string of the molecule is Cc1nnn(C2CCNCC2)c1C(=O)O. The van der Waals surface area contributed by atoms with Gasteiger partial charge in [-0.3, -0.25) is 0 Å². The largest absolute Gasteiger partial charge is 0.476 e. The first-order valence-electron chi connectivity index (χ1n) is 5.06. The monoisotopic (exact) mass is 210 g/mol. The Hall–Kier alpha value is -1.43. The number of carbonyl (C=O) groups is 1. The van der Waals surface area contributed by atoms with Crippen LogP contribution in [0, 0.1) is 6.92 Å². The number of rotatable bonds is 2. The zero-order valence-corrected chi connectivity index (χ0v) is 8.60. The second-order valence-corrected chi connectivity index (χ2v) is 3.75. The molecule has 2 heterocycles. The number of aromatic carboxylic acids is 1. The van der Waals surface area contributed by atoms with Crippen LogP contribution in [-0.4, -0.2) is 39.2 Å². The molecular formula is C9H14N4O2.